The van der Waals surface area contributed by atoms with Gasteiger partial charge in [0.1, 0.15) is 16.2 Å². The molecule has 0 amide bonds. The first-order chi connectivity index (χ1) is 18.8. The number of ether oxygens (including phenoxy) is 1. The van der Waals surface area contributed by atoms with Crippen LogP contribution in [0.3, 0.4) is 0 Å². The van der Waals surface area contributed by atoms with Crippen molar-refractivity contribution in [2.45, 2.75) is 64.0 Å². The van der Waals surface area contributed by atoms with E-state index >= 15 is 0 Å². The molecule has 12 nitrogen and oxygen atoms in total. The Bertz CT molecular complexity index is 1490. The minimum atomic E-state index is -3.80. The average Bonchev–Trinajstić information content (AvgIpc) is 3.26. The molecule has 5 heterocycles. The summed E-state index contributed by atoms with van der Waals surface area (Å²) in [5, 5.41) is 7.82. The Kier molecular flexibility index (Phi) is 8.04. The maximum absolute atomic E-state index is 13.6. The molecule has 5 rings (SSSR count). The van der Waals surface area contributed by atoms with E-state index in [2.05, 4.69) is 39.1 Å². The van der Waals surface area contributed by atoms with E-state index in [0.29, 0.717) is 43.7 Å². The Hall–Kier alpha value is -2.87. The van der Waals surface area contributed by atoms with Gasteiger partial charge < -0.3 is 19.9 Å². The van der Waals surface area contributed by atoms with Crippen molar-refractivity contribution in [3.05, 3.63) is 28.3 Å². The second kappa shape index (κ2) is 11.3. The van der Waals surface area contributed by atoms with Crippen LogP contribution in [0.1, 0.15) is 52.3 Å². The fourth-order valence-corrected chi connectivity index (χ4v) is 6.57. The molecular weight excluding hydrogens is 520 g/mol. The molecule has 2 saturated heterocycles. The van der Waals surface area contributed by atoms with Crippen LogP contribution in [-0.2, 0) is 16.4 Å². The van der Waals surface area contributed by atoms with Crippen molar-refractivity contribution in [3.8, 4) is 17.3 Å². The molecule has 1 unspecified atom stereocenters. The number of fused-ring (bicyclic) bond motifs is 1. The van der Waals surface area contributed by atoms with Crippen molar-refractivity contribution < 1.29 is 13.2 Å². The summed E-state index contributed by atoms with van der Waals surface area (Å²) < 4.78 is 36.8. The van der Waals surface area contributed by atoms with Crippen LogP contribution in [0.15, 0.2) is 22.0 Å². The molecule has 0 aliphatic carbocycles. The minimum Gasteiger partial charge on any atom is -0.474 e. The van der Waals surface area contributed by atoms with Crippen LogP contribution in [-0.4, -0.2) is 94.3 Å². The van der Waals surface area contributed by atoms with Gasteiger partial charge in [-0.15, -0.1) is 0 Å². The van der Waals surface area contributed by atoms with Crippen LogP contribution in [0.2, 0.25) is 0 Å². The van der Waals surface area contributed by atoms with Gasteiger partial charge in [0.05, 0.1) is 29.6 Å². The SMILES string of the molecule is CCCC(C)Oc1ncc(S(=O)(=O)N2CCN(CC)CC2)cc1-c1nc2c(CC)n(C3CNC3)nc2c(=O)[nH]1. The van der Waals surface area contributed by atoms with Crippen LogP contribution >= 0.6 is 0 Å². The molecule has 0 aromatic carbocycles. The Morgan fingerprint density at radius 2 is 1.87 bits per heavy atom. The van der Waals surface area contributed by atoms with Gasteiger partial charge >= 0.3 is 0 Å². The highest BCUT2D eigenvalue weighted by Gasteiger charge is 2.31. The number of aryl methyl sites for hydroxylation is 1. The zero-order chi connectivity index (χ0) is 27.7. The summed E-state index contributed by atoms with van der Waals surface area (Å²) in [5.41, 5.74) is 1.61. The maximum Gasteiger partial charge on any atom is 0.279 e. The first-order valence-electron chi connectivity index (χ1n) is 13.9. The lowest BCUT2D eigenvalue weighted by atomic mass is 10.1. The molecule has 0 spiro atoms. The number of hydrogen-bond acceptors (Lipinski definition) is 9. The van der Waals surface area contributed by atoms with Crippen molar-refractivity contribution in [1.29, 1.82) is 0 Å². The van der Waals surface area contributed by atoms with Crippen molar-refractivity contribution in [1.82, 2.24) is 39.3 Å². The standard InChI is InChI=1S/C26H38N8O4S/c1-5-8-17(4)38-26-20(13-19(16-28-26)39(36,37)33-11-9-32(7-3)10-12-33)24-29-22-21(6-2)34(18-14-27-15-18)31-23(22)25(35)30-24/h13,16-18,27H,5-12,14-15H2,1-4H3,(H,29,30,35). The molecule has 3 aromatic heterocycles. The molecule has 3 aromatic rings. The third-order valence-corrected chi connectivity index (χ3v) is 9.46. The second-order valence-electron chi connectivity index (χ2n) is 10.2. The van der Waals surface area contributed by atoms with Crippen molar-refractivity contribution >= 4 is 21.1 Å². The minimum absolute atomic E-state index is 0.0487. The van der Waals surface area contributed by atoms with Gasteiger partial charge in [0, 0.05) is 39.3 Å². The summed E-state index contributed by atoms with van der Waals surface area (Å²) in [4.78, 5) is 27.6. The number of nitrogens with zero attached hydrogens (tertiary/aromatic N) is 6. The van der Waals surface area contributed by atoms with Crippen LogP contribution in [0.25, 0.3) is 22.4 Å². The summed E-state index contributed by atoms with van der Waals surface area (Å²) in [7, 11) is -3.80. The summed E-state index contributed by atoms with van der Waals surface area (Å²) >= 11 is 0. The van der Waals surface area contributed by atoms with E-state index in [1.807, 2.05) is 18.5 Å². The number of H-pyrrole nitrogens is 1. The molecule has 1 atom stereocenters. The van der Waals surface area contributed by atoms with E-state index in [9.17, 15) is 13.2 Å². The summed E-state index contributed by atoms with van der Waals surface area (Å²) in [6, 6.07) is 1.70. The summed E-state index contributed by atoms with van der Waals surface area (Å²) in [6.07, 6.45) is 3.56. The molecule has 0 bridgehead atoms. The van der Waals surface area contributed by atoms with Crippen LogP contribution in [0, 0.1) is 0 Å². The zero-order valence-corrected chi connectivity index (χ0v) is 23.9. The number of rotatable bonds is 10. The van der Waals surface area contributed by atoms with Gasteiger partial charge in [-0.2, -0.15) is 9.40 Å². The van der Waals surface area contributed by atoms with Crippen molar-refractivity contribution in [2.24, 2.45) is 0 Å². The molecule has 2 N–H and O–H groups in total. The quantitative estimate of drug-likeness (QED) is 0.381. The van der Waals surface area contributed by atoms with E-state index in [-0.39, 0.29) is 39.8 Å². The smallest absolute Gasteiger partial charge is 0.279 e. The van der Waals surface area contributed by atoms with E-state index in [1.54, 1.807) is 0 Å². The normalized spacial score (nSPS) is 18.4. The number of sulfonamides is 1. The maximum atomic E-state index is 13.6. The third kappa shape index (κ3) is 5.32. The number of aromatic amines is 1. The van der Waals surface area contributed by atoms with Gasteiger partial charge in [-0.1, -0.05) is 27.2 Å². The average molecular weight is 559 g/mol. The van der Waals surface area contributed by atoms with Gasteiger partial charge in [-0.25, -0.2) is 18.4 Å². The number of likely N-dealkylation sites (N-methyl/N-ethyl adjacent to an activating group) is 1. The zero-order valence-electron chi connectivity index (χ0n) is 23.1. The Labute approximate surface area is 228 Å². The largest absolute Gasteiger partial charge is 0.474 e. The lowest BCUT2D eigenvalue weighted by Crippen LogP contribution is -2.48. The van der Waals surface area contributed by atoms with E-state index < -0.39 is 10.0 Å². The predicted octanol–water partition coefficient (Wildman–Crippen LogP) is 1.78. The van der Waals surface area contributed by atoms with Crippen LogP contribution in [0.4, 0.5) is 0 Å². The van der Waals surface area contributed by atoms with E-state index in [0.717, 1.165) is 38.2 Å². The first kappa shape index (κ1) is 27.7. The van der Waals surface area contributed by atoms with E-state index in [1.165, 1.54) is 16.6 Å². The molecule has 0 saturated carbocycles. The molecule has 2 fully saturated rings. The van der Waals surface area contributed by atoms with Crippen molar-refractivity contribution in [2.75, 3.05) is 45.8 Å². The molecule has 13 heteroatoms. The monoisotopic (exact) mass is 558 g/mol. The van der Waals surface area contributed by atoms with Crippen LogP contribution < -0.4 is 15.6 Å². The summed E-state index contributed by atoms with van der Waals surface area (Å²) in [5.74, 6) is 0.453. The lowest BCUT2D eigenvalue weighted by Gasteiger charge is -2.33. The highest BCUT2D eigenvalue weighted by molar-refractivity contribution is 7.89. The molecule has 0 radical (unpaired) electrons. The fourth-order valence-electron chi connectivity index (χ4n) is 5.17. The molecule has 212 valence electrons. The lowest BCUT2D eigenvalue weighted by molar-refractivity contribution is 0.196. The Morgan fingerprint density at radius 3 is 2.49 bits per heavy atom. The molecule has 2 aliphatic rings. The van der Waals surface area contributed by atoms with Gasteiger partial charge in [-0.3, -0.25) is 9.48 Å². The Morgan fingerprint density at radius 1 is 1.13 bits per heavy atom. The van der Waals surface area contributed by atoms with Gasteiger partial charge in [-0.05, 0) is 32.4 Å². The highest BCUT2D eigenvalue weighted by Crippen LogP contribution is 2.31. The molecule has 39 heavy (non-hydrogen) atoms. The second-order valence-corrected chi connectivity index (χ2v) is 12.2. The first-order valence-corrected chi connectivity index (χ1v) is 15.3. The number of hydrogen-bond donors (Lipinski definition) is 2. The third-order valence-electron chi connectivity index (χ3n) is 7.60. The molecule has 2 aliphatic heterocycles. The van der Waals surface area contributed by atoms with Crippen molar-refractivity contribution in [3.63, 3.8) is 0 Å². The number of pyridine rings is 1. The van der Waals surface area contributed by atoms with Gasteiger partial charge in [0.25, 0.3) is 5.56 Å². The van der Waals surface area contributed by atoms with E-state index in [4.69, 9.17) is 9.72 Å². The number of nitrogens with one attached hydrogen (secondary N) is 2. The van der Waals surface area contributed by atoms with Gasteiger partial charge in [0.2, 0.25) is 15.9 Å². The Balaban J connectivity index is 1.60. The highest BCUT2D eigenvalue weighted by atomic mass is 32.2. The molecular formula is C26H38N8O4S. The number of piperazine rings is 1. The summed E-state index contributed by atoms with van der Waals surface area (Å²) in [6.45, 7) is 12.7. The predicted molar refractivity (Wildman–Crippen MR) is 149 cm³/mol. The number of aromatic nitrogens is 5. The van der Waals surface area contributed by atoms with Gasteiger partial charge in [0.15, 0.2) is 5.52 Å². The van der Waals surface area contributed by atoms with Crippen LogP contribution in [0.5, 0.6) is 5.88 Å². The topological polar surface area (TPSA) is 138 Å². The fraction of sp³-hybridized carbons (Fsp3) is 0.615.